The molecule has 1 aromatic carbocycles. The Hall–Kier alpha value is -1.65. The molecule has 4 heteroatoms. The van der Waals surface area contributed by atoms with Gasteiger partial charge in [-0.1, -0.05) is 18.2 Å². The van der Waals surface area contributed by atoms with Crippen molar-refractivity contribution in [2.24, 2.45) is 5.92 Å². The summed E-state index contributed by atoms with van der Waals surface area (Å²) in [4.78, 5) is 4.41. The number of hydrogen-bond donors (Lipinski definition) is 1. The third kappa shape index (κ3) is 4.43. The lowest BCUT2D eigenvalue weighted by molar-refractivity contribution is -0.0718. The van der Waals surface area contributed by atoms with Gasteiger partial charge in [0.2, 0.25) is 0 Å². The van der Waals surface area contributed by atoms with E-state index in [4.69, 9.17) is 9.47 Å². The summed E-state index contributed by atoms with van der Waals surface area (Å²) in [5.74, 6) is 1.55. The van der Waals surface area contributed by atoms with Crippen molar-refractivity contribution < 1.29 is 9.47 Å². The van der Waals surface area contributed by atoms with Crippen LogP contribution in [0.5, 0.6) is 5.75 Å². The number of fused-ring (bicyclic) bond motifs is 1. The molecule has 1 aliphatic heterocycles. The lowest BCUT2D eigenvalue weighted by Gasteiger charge is -2.35. The van der Waals surface area contributed by atoms with Crippen molar-refractivity contribution in [3.05, 3.63) is 36.5 Å². The molecule has 1 N–H and O–H groups in total. The molecular formula is C19H26N2O2. The number of para-hydroxylation sites is 1. The number of pyridine rings is 1. The second-order valence-electron chi connectivity index (χ2n) is 6.85. The Kier molecular flexibility index (Phi) is 5.13. The van der Waals surface area contributed by atoms with Crippen LogP contribution in [-0.4, -0.2) is 36.9 Å². The molecule has 3 rings (SSSR count). The second-order valence-corrected chi connectivity index (χ2v) is 6.85. The van der Waals surface area contributed by atoms with E-state index >= 15 is 0 Å². The maximum atomic E-state index is 5.90. The number of rotatable bonds is 6. The summed E-state index contributed by atoms with van der Waals surface area (Å²) < 4.78 is 11.7. The molecule has 4 nitrogen and oxygen atoms in total. The Balaban J connectivity index is 1.43. The predicted molar refractivity (Wildman–Crippen MR) is 92.9 cm³/mol. The Morgan fingerprint density at radius 3 is 3.04 bits per heavy atom. The van der Waals surface area contributed by atoms with Crippen molar-refractivity contribution in [3.8, 4) is 5.75 Å². The third-order valence-electron chi connectivity index (χ3n) is 4.36. The minimum absolute atomic E-state index is 0.0235. The average Bonchev–Trinajstić information content (AvgIpc) is 2.54. The maximum Gasteiger partial charge on any atom is 0.145 e. The molecule has 1 saturated heterocycles. The summed E-state index contributed by atoms with van der Waals surface area (Å²) in [5.41, 5.74) is 0.955. The quantitative estimate of drug-likeness (QED) is 0.830. The number of nitrogens with zero attached hydrogens (tertiary/aromatic N) is 1. The van der Waals surface area contributed by atoms with E-state index in [1.54, 1.807) is 6.20 Å². The number of nitrogens with one attached hydrogen (secondary N) is 1. The molecule has 0 saturated carbocycles. The standard InChI is InChI=1S/C19H26N2O2/c1-19(2)13-15(8-11-23-19)14-20-10-12-22-17-7-3-5-16-6-4-9-21-18(16)17/h3-7,9,15,20H,8,10-14H2,1-2H3. The molecule has 1 fully saturated rings. The number of benzene rings is 1. The van der Waals surface area contributed by atoms with E-state index < -0.39 is 0 Å². The summed E-state index contributed by atoms with van der Waals surface area (Å²) in [6, 6.07) is 10.1. The summed E-state index contributed by atoms with van der Waals surface area (Å²) in [7, 11) is 0. The lowest BCUT2D eigenvalue weighted by Crippen LogP contribution is -2.38. The molecule has 0 aliphatic carbocycles. The molecule has 0 amide bonds. The van der Waals surface area contributed by atoms with Crippen LogP contribution in [0.25, 0.3) is 10.9 Å². The van der Waals surface area contributed by atoms with E-state index in [1.807, 2.05) is 18.2 Å². The molecule has 23 heavy (non-hydrogen) atoms. The molecule has 0 bridgehead atoms. The van der Waals surface area contributed by atoms with Crippen LogP contribution in [0.3, 0.4) is 0 Å². The van der Waals surface area contributed by atoms with Crippen LogP contribution in [0.15, 0.2) is 36.5 Å². The average molecular weight is 314 g/mol. The number of aromatic nitrogens is 1. The molecule has 1 aliphatic rings. The molecule has 2 heterocycles. The van der Waals surface area contributed by atoms with Crippen molar-refractivity contribution in [2.75, 3.05) is 26.3 Å². The van der Waals surface area contributed by atoms with Gasteiger partial charge in [-0.2, -0.15) is 0 Å². The zero-order valence-electron chi connectivity index (χ0n) is 14.0. The highest BCUT2D eigenvalue weighted by atomic mass is 16.5. The van der Waals surface area contributed by atoms with Crippen molar-refractivity contribution in [3.63, 3.8) is 0 Å². The fourth-order valence-electron chi connectivity index (χ4n) is 3.26. The highest BCUT2D eigenvalue weighted by Crippen LogP contribution is 2.28. The van der Waals surface area contributed by atoms with Crippen LogP contribution in [0.1, 0.15) is 26.7 Å². The first kappa shape index (κ1) is 16.2. The van der Waals surface area contributed by atoms with Gasteiger partial charge in [0.25, 0.3) is 0 Å². The molecule has 1 aromatic heterocycles. The Morgan fingerprint density at radius 2 is 2.17 bits per heavy atom. The molecule has 1 atom stereocenters. The third-order valence-corrected chi connectivity index (χ3v) is 4.36. The molecule has 124 valence electrons. The van der Waals surface area contributed by atoms with Gasteiger partial charge < -0.3 is 14.8 Å². The minimum Gasteiger partial charge on any atom is -0.490 e. The van der Waals surface area contributed by atoms with Gasteiger partial charge in [-0.05, 0) is 51.3 Å². The summed E-state index contributed by atoms with van der Waals surface area (Å²) in [6.45, 7) is 7.76. The van der Waals surface area contributed by atoms with E-state index in [0.29, 0.717) is 12.5 Å². The van der Waals surface area contributed by atoms with Gasteiger partial charge in [-0.15, -0.1) is 0 Å². The highest BCUT2D eigenvalue weighted by molar-refractivity contribution is 5.84. The largest absolute Gasteiger partial charge is 0.490 e. The number of ether oxygens (including phenoxy) is 2. The topological polar surface area (TPSA) is 43.4 Å². The normalized spacial score (nSPS) is 20.5. The van der Waals surface area contributed by atoms with Gasteiger partial charge >= 0.3 is 0 Å². The lowest BCUT2D eigenvalue weighted by atomic mass is 9.88. The number of hydrogen-bond acceptors (Lipinski definition) is 4. The highest BCUT2D eigenvalue weighted by Gasteiger charge is 2.28. The van der Waals surface area contributed by atoms with E-state index in [1.165, 1.54) is 0 Å². The molecule has 0 radical (unpaired) electrons. The van der Waals surface area contributed by atoms with Gasteiger partial charge in [0.15, 0.2) is 0 Å². The van der Waals surface area contributed by atoms with Crippen molar-refractivity contribution in [1.29, 1.82) is 0 Å². The summed E-state index contributed by atoms with van der Waals surface area (Å²) in [6.07, 6.45) is 4.07. The summed E-state index contributed by atoms with van der Waals surface area (Å²) >= 11 is 0. The van der Waals surface area contributed by atoms with Crippen LogP contribution in [0.4, 0.5) is 0 Å². The van der Waals surface area contributed by atoms with E-state index in [2.05, 4.69) is 36.3 Å². The van der Waals surface area contributed by atoms with Crippen LogP contribution in [0, 0.1) is 5.92 Å². The monoisotopic (exact) mass is 314 g/mol. The van der Waals surface area contributed by atoms with E-state index in [0.717, 1.165) is 49.2 Å². The van der Waals surface area contributed by atoms with Crippen LogP contribution >= 0.6 is 0 Å². The van der Waals surface area contributed by atoms with Crippen molar-refractivity contribution in [1.82, 2.24) is 10.3 Å². The van der Waals surface area contributed by atoms with Crippen molar-refractivity contribution >= 4 is 10.9 Å². The Morgan fingerprint density at radius 1 is 1.30 bits per heavy atom. The minimum atomic E-state index is 0.0235. The first-order valence-corrected chi connectivity index (χ1v) is 8.45. The molecule has 0 spiro atoms. The zero-order chi connectivity index (χ0) is 16.1. The predicted octanol–water partition coefficient (Wildman–Crippen LogP) is 3.41. The van der Waals surface area contributed by atoms with Crippen molar-refractivity contribution in [2.45, 2.75) is 32.3 Å². The second kappa shape index (κ2) is 7.28. The molecule has 2 aromatic rings. The van der Waals surface area contributed by atoms with Crippen LogP contribution in [0.2, 0.25) is 0 Å². The zero-order valence-corrected chi connectivity index (χ0v) is 14.0. The van der Waals surface area contributed by atoms with Crippen LogP contribution < -0.4 is 10.1 Å². The van der Waals surface area contributed by atoms with Gasteiger partial charge in [0, 0.05) is 24.7 Å². The van der Waals surface area contributed by atoms with Gasteiger partial charge in [-0.25, -0.2) is 0 Å². The first-order valence-electron chi connectivity index (χ1n) is 8.45. The fourth-order valence-corrected chi connectivity index (χ4v) is 3.26. The van der Waals surface area contributed by atoms with Gasteiger partial charge in [0.1, 0.15) is 17.9 Å². The molecular weight excluding hydrogens is 288 g/mol. The van der Waals surface area contributed by atoms with Crippen LogP contribution in [-0.2, 0) is 4.74 Å². The Labute approximate surface area is 138 Å². The SMILES string of the molecule is CC1(C)CC(CNCCOc2cccc3cccnc23)CCO1. The maximum absolute atomic E-state index is 5.90. The first-order chi connectivity index (χ1) is 11.1. The fraction of sp³-hybridized carbons (Fsp3) is 0.526. The smallest absolute Gasteiger partial charge is 0.145 e. The van der Waals surface area contributed by atoms with Gasteiger partial charge in [-0.3, -0.25) is 4.98 Å². The van der Waals surface area contributed by atoms with E-state index in [9.17, 15) is 0 Å². The summed E-state index contributed by atoms with van der Waals surface area (Å²) in [5, 5.41) is 4.62. The van der Waals surface area contributed by atoms with E-state index in [-0.39, 0.29) is 5.60 Å². The van der Waals surface area contributed by atoms with Gasteiger partial charge in [0.05, 0.1) is 5.60 Å². The molecule has 1 unspecified atom stereocenters. The Bertz CT molecular complexity index is 637.